The Morgan fingerprint density at radius 3 is 2.59 bits per heavy atom. The molecule has 4 rings (SSSR count). The summed E-state index contributed by atoms with van der Waals surface area (Å²) in [7, 11) is 0. The number of anilines is 1. The number of hydrogen-bond acceptors (Lipinski definition) is 3. The maximum atomic E-state index is 6.37. The molecule has 0 saturated carbocycles. The number of benzene rings is 2. The molecule has 0 unspecified atom stereocenters. The molecule has 0 fully saturated rings. The lowest BCUT2D eigenvalue weighted by Crippen LogP contribution is -2.20. The van der Waals surface area contributed by atoms with E-state index in [2.05, 4.69) is 33.6 Å². The van der Waals surface area contributed by atoms with Crippen molar-refractivity contribution in [1.82, 2.24) is 14.8 Å². The minimum Gasteiger partial charge on any atom is -0.324 e. The largest absolute Gasteiger partial charge is 0.324 e. The Hall–Kier alpha value is -2.59. The molecule has 0 radical (unpaired) electrons. The van der Waals surface area contributed by atoms with Crippen LogP contribution in [0.15, 0.2) is 67.0 Å². The van der Waals surface area contributed by atoms with E-state index in [1.807, 2.05) is 47.1 Å². The molecule has 108 valence electrons. The fourth-order valence-corrected chi connectivity index (χ4v) is 2.90. The van der Waals surface area contributed by atoms with Gasteiger partial charge in [0, 0.05) is 10.7 Å². The second-order valence-corrected chi connectivity index (χ2v) is 5.47. The predicted octanol–water partition coefficient (Wildman–Crippen LogP) is 3.99. The van der Waals surface area contributed by atoms with Gasteiger partial charge in [-0.1, -0.05) is 60.1 Å². The van der Waals surface area contributed by atoms with Crippen LogP contribution in [0.3, 0.4) is 0 Å². The second kappa shape index (κ2) is 5.31. The smallest absolute Gasteiger partial charge is 0.226 e. The molecule has 1 aliphatic heterocycles. The molecule has 0 bridgehead atoms. The van der Waals surface area contributed by atoms with E-state index in [1.54, 1.807) is 6.33 Å². The van der Waals surface area contributed by atoms with Gasteiger partial charge < -0.3 is 5.32 Å². The van der Waals surface area contributed by atoms with Crippen LogP contribution in [0.25, 0.3) is 5.70 Å². The number of nitrogens with zero attached hydrogens (tertiary/aromatic N) is 3. The Kier molecular flexibility index (Phi) is 3.16. The van der Waals surface area contributed by atoms with Gasteiger partial charge in [0.15, 0.2) is 0 Å². The van der Waals surface area contributed by atoms with Crippen molar-refractivity contribution in [2.75, 3.05) is 5.32 Å². The van der Waals surface area contributed by atoms with E-state index in [0.717, 1.165) is 21.8 Å². The van der Waals surface area contributed by atoms with Gasteiger partial charge in [0.1, 0.15) is 12.4 Å². The van der Waals surface area contributed by atoms with Crippen molar-refractivity contribution >= 4 is 23.2 Å². The molecule has 5 heteroatoms. The van der Waals surface area contributed by atoms with Gasteiger partial charge in [-0.3, -0.25) is 0 Å². The first-order valence-corrected chi connectivity index (χ1v) is 7.39. The molecule has 3 aromatic rings. The van der Waals surface area contributed by atoms with E-state index < -0.39 is 0 Å². The molecule has 0 spiro atoms. The van der Waals surface area contributed by atoms with Gasteiger partial charge in [-0.15, -0.1) is 0 Å². The molecule has 2 aromatic carbocycles. The van der Waals surface area contributed by atoms with Crippen LogP contribution in [0.2, 0.25) is 5.02 Å². The summed E-state index contributed by atoms with van der Waals surface area (Å²) in [6.45, 7) is 0. The van der Waals surface area contributed by atoms with Crippen LogP contribution in [0.1, 0.15) is 17.2 Å². The van der Waals surface area contributed by atoms with Gasteiger partial charge in [0.2, 0.25) is 5.95 Å². The van der Waals surface area contributed by atoms with Gasteiger partial charge >= 0.3 is 0 Å². The van der Waals surface area contributed by atoms with E-state index in [0.29, 0.717) is 5.95 Å². The monoisotopic (exact) mass is 308 g/mol. The fraction of sp³-hybridized carbons (Fsp3) is 0.0588. The molecule has 1 aliphatic rings. The van der Waals surface area contributed by atoms with Gasteiger partial charge in [-0.2, -0.15) is 10.1 Å². The normalized spacial score (nSPS) is 16.6. The standard InChI is InChI=1S/C17H13ClN4/c18-14-9-5-4-8-13(14)16-10-15(12-6-2-1-3-7-12)21-17-19-11-20-22(16)17/h1-11,16H,(H,19,20,21)/t16-/m0/s1. The highest BCUT2D eigenvalue weighted by Gasteiger charge is 2.24. The summed E-state index contributed by atoms with van der Waals surface area (Å²) in [6, 6.07) is 17.9. The van der Waals surface area contributed by atoms with E-state index in [4.69, 9.17) is 11.6 Å². The summed E-state index contributed by atoms with van der Waals surface area (Å²) in [5, 5.41) is 8.37. The average Bonchev–Trinajstić information content (AvgIpc) is 3.04. The number of aromatic nitrogens is 3. The molecular weight excluding hydrogens is 296 g/mol. The number of hydrogen-bond donors (Lipinski definition) is 1. The molecule has 1 N–H and O–H groups in total. The maximum Gasteiger partial charge on any atom is 0.226 e. The molecule has 1 atom stereocenters. The molecule has 22 heavy (non-hydrogen) atoms. The maximum absolute atomic E-state index is 6.37. The van der Waals surface area contributed by atoms with Crippen molar-refractivity contribution in [3.63, 3.8) is 0 Å². The summed E-state index contributed by atoms with van der Waals surface area (Å²) < 4.78 is 1.84. The van der Waals surface area contributed by atoms with Crippen molar-refractivity contribution in [3.05, 3.63) is 83.2 Å². The van der Waals surface area contributed by atoms with Crippen molar-refractivity contribution in [2.45, 2.75) is 6.04 Å². The van der Waals surface area contributed by atoms with E-state index in [1.165, 1.54) is 0 Å². The Bertz CT molecular complexity index is 839. The van der Waals surface area contributed by atoms with Gasteiger partial charge in [-0.05, 0) is 23.3 Å². The zero-order valence-electron chi connectivity index (χ0n) is 11.6. The zero-order valence-corrected chi connectivity index (χ0v) is 12.4. The lowest BCUT2D eigenvalue weighted by molar-refractivity contribution is 0.612. The Labute approximate surface area is 133 Å². The molecule has 1 aromatic heterocycles. The van der Waals surface area contributed by atoms with E-state index in [9.17, 15) is 0 Å². The van der Waals surface area contributed by atoms with Gasteiger partial charge in [0.25, 0.3) is 0 Å². The predicted molar refractivity (Wildman–Crippen MR) is 87.7 cm³/mol. The van der Waals surface area contributed by atoms with Crippen molar-refractivity contribution in [2.24, 2.45) is 0 Å². The van der Waals surface area contributed by atoms with Gasteiger partial charge in [-0.25, -0.2) is 4.68 Å². The van der Waals surface area contributed by atoms with E-state index in [-0.39, 0.29) is 6.04 Å². The Balaban J connectivity index is 1.86. The summed E-state index contributed by atoms with van der Waals surface area (Å²) in [6.07, 6.45) is 3.67. The lowest BCUT2D eigenvalue weighted by Gasteiger charge is -2.25. The number of rotatable bonds is 2. The third-order valence-corrected chi connectivity index (χ3v) is 4.06. The highest BCUT2D eigenvalue weighted by Crippen LogP contribution is 2.34. The van der Waals surface area contributed by atoms with Gasteiger partial charge in [0.05, 0.1) is 0 Å². The topological polar surface area (TPSA) is 42.7 Å². The zero-order chi connectivity index (χ0) is 14.9. The lowest BCUT2D eigenvalue weighted by atomic mass is 10.0. The SMILES string of the molecule is Clc1ccccc1[C@@H]1C=C(c2ccccc2)Nc2ncnn21. The van der Waals surface area contributed by atoms with Crippen LogP contribution in [-0.2, 0) is 0 Å². The van der Waals surface area contributed by atoms with Crippen LogP contribution in [-0.4, -0.2) is 14.8 Å². The minimum absolute atomic E-state index is 0.0809. The van der Waals surface area contributed by atoms with Crippen LogP contribution in [0.4, 0.5) is 5.95 Å². The molecule has 0 amide bonds. The molecule has 0 saturated heterocycles. The quantitative estimate of drug-likeness (QED) is 0.778. The minimum atomic E-state index is -0.0809. The average molecular weight is 309 g/mol. The van der Waals surface area contributed by atoms with Crippen molar-refractivity contribution in [1.29, 1.82) is 0 Å². The highest BCUT2D eigenvalue weighted by atomic mass is 35.5. The van der Waals surface area contributed by atoms with E-state index >= 15 is 0 Å². The number of halogens is 1. The number of fused-ring (bicyclic) bond motifs is 1. The molecular formula is C17H13ClN4. The first kappa shape index (κ1) is 13.1. The summed E-state index contributed by atoms with van der Waals surface area (Å²) >= 11 is 6.37. The Morgan fingerprint density at radius 1 is 1.00 bits per heavy atom. The summed E-state index contributed by atoms with van der Waals surface area (Å²) in [4.78, 5) is 4.29. The molecule has 2 heterocycles. The number of allylic oxidation sites excluding steroid dienone is 1. The molecule has 4 nitrogen and oxygen atoms in total. The molecule has 0 aliphatic carbocycles. The summed E-state index contributed by atoms with van der Waals surface area (Å²) in [5.74, 6) is 0.714. The van der Waals surface area contributed by atoms with Crippen molar-refractivity contribution < 1.29 is 0 Å². The fourth-order valence-electron chi connectivity index (χ4n) is 2.66. The van der Waals surface area contributed by atoms with Crippen LogP contribution < -0.4 is 5.32 Å². The highest BCUT2D eigenvalue weighted by molar-refractivity contribution is 6.31. The van der Waals surface area contributed by atoms with Crippen molar-refractivity contribution in [3.8, 4) is 0 Å². The van der Waals surface area contributed by atoms with Crippen LogP contribution in [0, 0.1) is 0 Å². The second-order valence-electron chi connectivity index (χ2n) is 5.07. The number of nitrogens with one attached hydrogen (secondary N) is 1. The third-order valence-electron chi connectivity index (χ3n) is 3.72. The third kappa shape index (κ3) is 2.18. The first-order valence-electron chi connectivity index (χ1n) is 7.01. The Morgan fingerprint density at radius 2 is 1.77 bits per heavy atom. The summed E-state index contributed by atoms with van der Waals surface area (Å²) in [5.41, 5.74) is 3.12. The van der Waals surface area contributed by atoms with Crippen LogP contribution >= 0.6 is 11.6 Å². The van der Waals surface area contributed by atoms with Crippen LogP contribution in [0.5, 0.6) is 0 Å². The first-order chi connectivity index (χ1) is 10.8.